The number of hydrogen-bond acceptors (Lipinski definition) is 5. The summed E-state index contributed by atoms with van der Waals surface area (Å²) in [6.07, 6.45) is 1.51. The monoisotopic (exact) mass is 298 g/mol. The topological polar surface area (TPSA) is 81.0 Å². The number of aromatic nitrogens is 2. The van der Waals surface area contributed by atoms with Crippen molar-refractivity contribution < 1.29 is 9.31 Å². The number of non-ortho nitro benzene ring substituents is 1. The molecule has 0 radical (unpaired) electrons. The molecule has 22 heavy (non-hydrogen) atoms. The second-order valence-electron chi connectivity index (χ2n) is 4.67. The van der Waals surface area contributed by atoms with Crippen molar-refractivity contribution in [3.05, 3.63) is 70.2 Å². The number of nitrogens with one attached hydrogen (secondary N) is 1. The fraction of sp³-hybridized carbons (Fsp3) is 0.0667. The van der Waals surface area contributed by atoms with E-state index >= 15 is 0 Å². The Hall–Kier alpha value is -3.09. The van der Waals surface area contributed by atoms with Crippen molar-refractivity contribution in [2.24, 2.45) is 0 Å². The van der Waals surface area contributed by atoms with E-state index in [1.165, 1.54) is 30.5 Å². The lowest BCUT2D eigenvalue weighted by Gasteiger charge is -2.06. The molecule has 1 heterocycles. The van der Waals surface area contributed by atoms with Crippen LogP contribution in [0.1, 0.15) is 5.56 Å². The first-order valence-corrected chi connectivity index (χ1v) is 6.51. The Morgan fingerprint density at radius 1 is 1.14 bits per heavy atom. The Balaban J connectivity index is 1.78. The zero-order chi connectivity index (χ0) is 15.5. The predicted molar refractivity (Wildman–Crippen MR) is 79.9 cm³/mol. The van der Waals surface area contributed by atoms with Gasteiger partial charge in [0.05, 0.1) is 22.2 Å². The number of halogens is 1. The van der Waals surface area contributed by atoms with Crippen LogP contribution in [0.15, 0.2) is 48.7 Å². The molecule has 0 saturated heterocycles. The summed E-state index contributed by atoms with van der Waals surface area (Å²) in [4.78, 5) is 18.7. The van der Waals surface area contributed by atoms with Gasteiger partial charge in [-0.2, -0.15) is 0 Å². The van der Waals surface area contributed by atoms with Gasteiger partial charge < -0.3 is 5.32 Å². The summed E-state index contributed by atoms with van der Waals surface area (Å²) >= 11 is 0. The first-order valence-electron chi connectivity index (χ1n) is 6.51. The van der Waals surface area contributed by atoms with Gasteiger partial charge in [0.2, 0.25) is 0 Å². The zero-order valence-electron chi connectivity index (χ0n) is 11.4. The number of hydrogen-bond donors (Lipinski definition) is 1. The van der Waals surface area contributed by atoms with Gasteiger partial charge in [-0.15, -0.1) is 0 Å². The molecule has 7 heteroatoms. The van der Waals surface area contributed by atoms with E-state index in [1.807, 2.05) is 0 Å². The number of fused-ring (bicyclic) bond motifs is 1. The highest BCUT2D eigenvalue weighted by Crippen LogP contribution is 2.19. The summed E-state index contributed by atoms with van der Waals surface area (Å²) in [6.45, 7) is 0.480. The van der Waals surface area contributed by atoms with Crippen LogP contribution >= 0.6 is 0 Å². The number of nitro groups is 1. The van der Waals surface area contributed by atoms with Crippen LogP contribution in [0.3, 0.4) is 0 Å². The molecule has 0 atom stereocenters. The zero-order valence-corrected chi connectivity index (χ0v) is 11.4. The number of rotatable bonds is 4. The van der Waals surface area contributed by atoms with Crippen LogP contribution in [0.4, 0.5) is 15.9 Å². The quantitative estimate of drug-likeness (QED) is 0.590. The summed E-state index contributed by atoms with van der Waals surface area (Å²) in [6, 6.07) is 10.5. The van der Waals surface area contributed by atoms with E-state index < -0.39 is 4.92 Å². The summed E-state index contributed by atoms with van der Waals surface area (Å²) in [5.41, 5.74) is 1.91. The van der Waals surface area contributed by atoms with Crippen molar-refractivity contribution in [1.82, 2.24) is 9.97 Å². The van der Waals surface area contributed by atoms with Crippen molar-refractivity contribution in [1.29, 1.82) is 0 Å². The number of nitrogens with zero attached hydrogens (tertiary/aromatic N) is 3. The smallest absolute Gasteiger partial charge is 0.271 e. The molecular formula is C15H11FN4O2. The van der Waals surface area contributed by atoms with Crippen molar-refractivity contribution >= 4 is 22.5 Å². The average molecular weight is 298 g/mol. The molecule has 3 aromatic rings. The van der Waals surface area contributed by atoms with Crippen LogP contribution < -0.4 is 5.32 Å². The Labute approximate surface area is 124 Å². The third kappa shape index (κ3) is 2.98. The van der Waals surface area contributed by atoms with Crippen molar-refractivity contribution in [2.75, 3.05) is 5.32 Å². The van der Waals surface area contributed by atoms with E-state index in [-0.39, 0.29) is 11.5 Å². The highest BCUT2D eigenvalue weighted by molar-refractivity contribution is 5.78. The first kappa shape index (κ1) is 13.9. The minimum Gasteiger partial charge on any atom is -0.365 e. The van der Waals surface area contributed by atoms with E-state index in [9.17, 15) is 14.5 Å². The lowest BCUT2D eigenvalue weighted by Crippen LogP contribution is -2.02. The van der Waals surface area contributed by atoms with Crippen LogP contribution in [0.2, 0.25) is 0 Å². The SMILES string of the molecule is O=[N+]([O-])c1ccc2nc(NCc3ccc(F)cc3)cnc2c1. The van der Waals surface area contributed by atoms with Crippen molar-refractivity contribution in [2.45, 2.75) is 6.54 Å². The van der Waals surface area contributed by atoms with Crippen LogP contribution in [0.25, 0.3) is 11.0 Å². The third-order valence-electron chi connectivity index (χ3n) is 3.12. The maximum Gasteiger partial charge on any atom is 0.271 e. The maximum atomic E-state index is 12.8. The normalized spacial score (nSPS) is 10.6. The molecule has 0 aliphatic carbocycles. The highest BCUT2D eigenvalue weighted by atomic mass is 19.1. The molecule has 0 fully saturated rings. The van der Waals surface area contributed by atoms with Crippen LogP contribution in [-0.4, -0.2) is 14.9 Å². The summed E-state index contributed by atoms with van der Waals surface area (Å²) in [7, 11) is 0. The largest absolute Gasteiger partial charge is 0.365 e. The molecule has 1 N–H and O–H groups in total. The molecule has 6 nitrogen and oxygen atoms in total. The first-order chi connectivity index (χ1) is 10.6. The fourth-order valence-corrected chi connectivity index (χ4v) is 1.99. The predicted octanol–water partition coefficient (Wildman–Crippen LogP) is 3.29. The molecule has 3 rings (SSSR count). The standard InChI is InChI=1S/C15H11FN4O2/c16-11-3-1-10(2-4-11)8-18-15-9-17-14-7-12(20(21)22)5-6-13(14)19-15/h1-7,9H,8H2,(H,18,19). The van der Waals surface area contributed by atoms with Crippen LogP contribution in [-0.2, 0) is 6.54 Å². The molecule has 0 spiro atoms. The minimum atomic E-state index is -0.470. The Morgan fingerprint density at radius 3 is 2.64 bits per heavy atom. The highest BCUT2D eigenvalue weighted by Gasteiger charge is 2.08. The van der Waals surface area contributed by atoms with E-state index in [0.29, 0.717) is 23.4 Å². The Bertz CT molecular complexity index is 837. The van der Waals surface area contributed by atoms with Gasteiger partial charge in [0, 0.05) is 18.7 Å². The lowest BCUT2D eigenvalue weighted by atomic mass is 10.2. The fourth-order valence-electron chi connectivity index (χ4n) is 1.99. The van der Waals surface area contributed by atoms with Gasteiger partial charge in [0.15, 0.2) is 0 Å². The van der Waals surface area contributed by atoms with Gasteiger partial charge in [0.1, 0.15) is 11.6 Å². The number of benzene rings is 2. The van der Waals surface area contributed by atoms with E-state index in [1.54, 1.807) is 18.2 Å². The van der Waals surface area contributed by atoms with Crippen LogP contribution in [0.5, 0.6) is 0 Å². The summed E-state index contributed by atoms with van der Waals surface area (Å²) in [5, 5.41) is 13.8. The van der Waals surface area contributed by atoms with E-state index in [2.05, 4.69) is 15.3 Å². The van der Waals surface area contributed by atoms with Gasteiger partial charge in [-0.25, -0.2) is 9.37 Å². The van der Waals surface area contributed by atoms with Crippen molar-refractivity contribution in [3.8, 4) is 0 Å². The van der Waals surface area contributed by atoms with Gasteiger partial charge in [-0.1, -0.05) is 12.1 Å². The number of anilines is 1. The Kier molecular flexibility index (Phi) is 3.61. The molecule has 0 bridgehead atoms. The second-order valence-corrected chi connectivity index (χ2v) is 4.67. The third-order valence-corrected chi connectivity index (χ3v) is 3.12. The molecule has 0 aliphatic rings. The molecule has 0 unspecified atom stereocenters. The van der Waals surface area contributed by atoms with Crippen LogP contribution in [0, 0.1) is 15.9 Å². The summed E-state index contributed by atoms with van der Waals surface area (Å²) in [5.74, 6) is 0.265. The molecular weight excluding hydrogens is 287 g/mol. The molecule has 1 aromatic heterocycles. The van der Waals surface area contributed by atoms with Gasteiger partial charge in [0.25, 0.3) is 5.69 Å². The van der Waals surface area contributed by atoms with Crippen molar-refractivity contribution in [3.63, 3.8) is 0 Å². The average Bonchev–Trinajstić information content (AvgIpc) is 2.53. The molecule has 0 amide bonds. The maximum absolute atomic E-state index is 12.8. The van der Waals surface area contributed by atoms with Gasteiger partial charge in [-0.3, -0.25) is 15.1 Å². The minimum absolute atomic E-state index is 0.0196. The van der Waals surface area contributed by atoms with E-state index in [4.69, 9.17) is 0 Å². The Morgan fingerprint density at radius 2 is 1.91 bits per heavy atom. The van der Waals surface area contributed by atoms with Gasteiger partial charge in [-0.05, 0) is 23.8 Å². The lowest BCUT2D eigenvalue weighted by molar-refractivity contribution is -0.384. The summed E-state index contributed by atoms with van der Waals surface area (Å²) < 4.78 is 12.8. The molecule has 0 saturated carbocycles. The molecule has 110 valence electrons. The van der Waals surface area contributed by atoms with Gasteiger partial charge >= 0.3 is 0 Å². The van der Waals surface area contributed by atoms with E-state index in [0.717, 1.165) is 5.56 Å². The molecule has 0 aliphatic heterocycles. The second kappa shape index (κ2) is 5.72. The molecule has 2 aromatic carbocycles. The number of nitro benzene ring substituents is 1.